The molecule has 0 aliphatic heterocycles. The molecule has 0 N–H and O–H groups in total. The molecule has 1 heterocycles. The van der Waals surface area contributed by atoms with Crippen molar-refractivity contribution in [2.24, 2.45) is 0 Å². The minimum Gasteiger partial charge on any atom is -1.00 e. The number of allylic oxidation sites excluding steroid dienone is 4. The number of rotatable bonds is 1. The minimum absolute atomic E-state index is 0. The summed E-state index contributed by atoms with van der Waals surface area (Å²) in [6.07, 6.45) is 14.4. The average molecular weight is 414 g/mol. The molecule has 0 saturated heterocycles. The van der Waals surface area contributed by atoms with Gasteiger partial charge in [-0.15, -0.1) is 47.5 Å². The van der Waals surface area contributed by atoms with Crippen LogP contribution in [0.4, 0.5) is 0 Å². The van der Waals surface area contributed by atoms with E-state index in [1.807, 2.05) is 12.2 Å². The van der Waals surface area contributed by atoms with Crippen LogP contribution >= 0.6 is 0 Å². The van der Waals surface area contributed by atoms with E-state index in [1.165, 1.54) is 27.2 Å². The molecule has 4 heteroatoms. The number of benzene rings is 2. The van der Waals surface area contributed by atoms with Gasteiger partial charge < -0.3 is 29.4 Å². The Balaban J connectivity index is 0.000000372. The van der Waals surface area contributed by atoms with Crippen molar-refractivity contribution in [2.75, 3.05) is 0 Å². The summed E-state index contributed by atoms with van der Waals surface area (Å²) >= 11 is 0. The van der Waals surface area contributed by atoms with Crippen molar-refractivity contribution in [2.45, 2.75) is 6.42 Å². The van der Waals surface area contributed by atoms with Gasteiger partial charge in [-0.25, -0.2) is 12.2 Å². The smallest absolute Gasteiger partial charge is 1.00 e. The topological polar surface area (TPSA) is 4.93 Å². The Morgan fingerprint density at radius 3 is 1.96 bits per heavy atom. The van der Waals surface area contributed by atoms with E-state index in [4.69, 9.17) is 0 Å². The molecule has 0 radical (unpaired) electrons. The maximum Gasteiger partial charge on any atom is 4.00 e. The largest absolute Gasteiger partial charge is 4.00 e. The van der Waals surface area contributed by atoms with Crippen LogP contribution in [0.25, 0.3) is 27.2 Å². The van der Waals surface area contributed by atoms with Gasteiger partial charge in [0.15, 0.2) is 0 Å². The molecule has 1 nitrogen and oxygen atoms in total. The van der Waals surface area contributed by atoms with Gasteiger partial charge in [-0.05, 0) is 16.5 Å². The molecule has 0 spiro atoms. The number of fused-ring (bicyclic) bond motifs is 2. The summed E-state index contributed by atoms with van der Waals surface area (Å²) in [5.74, 6) is 0. The summed E-state index contributed by atoms with van der Waals surface area (Å²) < 4.78 is 2.20. The zero-order valence-corrected chi connectivity index (χ0v) is 17.1. The molecule has 1 aliphatic carbocycles. The first-order valence-electron chi connectivity index (χ1n) is 7.84. The summed E-state index contributed by atoms with van der Waals surface area (Å²) in [7, 11) is 0. The molecule has 0 amide bonds. The normalized spacial score (nSPS) is 11.2. The van der Waals surface area contributed by atoms with Crippen molar-refractivity contribution >= 4 is 21.5 Å². The first-order valence-corrected chi connectivity index (χ1v) is 7.84. The Morgan fingerprint density at radius 1 is 0.846 bits per heavy atom. The van der Waals surface area contributed by atoms with Gasteiger partial charge >= 0.3 is 21.7 Å². The molecular formula is C22H17Cl2NTi. The average Bonchev–Trinajstić information content (AvgIpc) is 3.33. The minimum atomic E-state index is 0. The van der Waals surface area contributed by atoms with E-state index in [9.17, 15) is 0 Å². The third kappa shape index (κ3) is 4.96. The standard InChI is InChI=1S/C17H12N.C5H5.2ClH.Ti/c1-2-6-14-10-17(9-13(14)5-1)18-11-15-7-3-4-8-16(15)12-18;1-2-4-5-3-1;;;/h1-12H;1-3H,4H2;2*1H;/q2*-1;;;+4/p-2. The Labute approximate surface area is 181 Å². The molecule has 1 aliphatic rings. The van der Waals surface area contributed by atoms with Crippen LogP contribution in [0, 0.1) is 6.08 Å². The van der Waals surface area contributed by atoms with Crippen molar-refractivity contribution in [3.05, 3.63) is 97.4 Å². The molecule has 5 rings (SSSR count). The molecule has 0 atom stereocenters. The second-order valence-corrected chi connectivity index (χ2v) is 5.64. The number of halogens is 2. The van der Waals surface area contributed by atoms with Crippen molar-refractivity contribution in [1.29, 1.82) is 0 Å². The molecule has 4 aromatic rings. The zero-order chi connectivity index (χ0) is 15.5. The van der Waals surface area contributed by atoms with Crippen molar-refractivity contribution in [1.82, 2.24) is 4.57 Å². The number of hydrogen-bond donors (Lipinski definition) is 0. The maximum absolute atomic E-state index is 2.99. The van der Waals surface area contributed by atoms with E-state index >= 15 is 0 Å². The third-order valence-electron chi connectivity index (χ3n) is 4.04. The zero-order valence-electron chi connectivity index (χ0n) is 14.1. The quantitative estimate of drug-likeness (QED) is 0.301. The second-order valence-electron chi connectivity index (χ2n) is 5.64. The van der Waals surface area contributed by atoms with E-state index in [2.05, 4.69) is 89.8 Å². The molecule has 0 fully saturated rings. The van der Waals surface area contributed by atoms with E-state index in [0.29, 0.717) is 0 Å². The third-order valence-corrected chi connectivity index (χ3v) is 4.04. The Kier molecular flexibility index (Phi) is 9.05. The number of nitrogens with zero attached hydrogens (tertiary/aromatic N) is 1. The molecule has 3 aromatic carbocycles. The van der Waals surface area contributed by atoms with E-state index in [1.54, 1.807) is 0 Å². The Morgan fingerprint density at radius 2 is 1.46 bits per heavy atom. The molecule has 0 saturated carbocycles. The molecular weight excluding hydrogens is 397 g/mol. The fourth-order valence-corrected chi connectivity index (χ4v) is 2.86. The fourth-order valence-electron chi connectivity index (χ4n) is 2.86. The van der Waals surface area contributed by atoms with E-state index < -0.39 is 0 Å². The Hall–Kier alpha value is -1.64. The van der Waals surface area contributed by atoms with Crippen LogP contribution in [0.1, 0.15) is 6.42 Å². The second kappa shape index (κ2) is 10.5. The number of hydrogen-bond acceptors (Lipinski definition) is 0. The maximum atomic E-state index is 2.99. The summed E-state index contributed by atoms with van der Waals surface area (Å²) in [6, 6.07) is 21.4. The van der Waals surface area contributed by atoms with Gasteiger partial charge in [0.05, 0.1) is 0 Å². The monoisotopic (exact) mass is 413 g/mol. The predicted molar refractivity (Wildman–Crippen MR) is 97.9 cm³/mol. The first kappa shape index (κ1) is 22.4. The van der Waals surface area contributed by atoms with Gasteiger partial charge in [0.25, 0.3) is 0 Å². The van der Waals surface area contributed by atoms with Gasteiger partial charge in [-0.1, -0.05) is 30.3 Å². The van der Waals surface area contributed by atoms with Crippen LogP contribution in [0.15, 0.2) is 91.3 Å². The molecule has 1 aromatic heterocycles. The molecule has 128 valence electrons. The predicted octanol–water partition coefficient (Wildman–Crippen LogP) is -0.186. The van der Waals surface area contributed by atoms with Gasteiger partial charge in [-0.3, -0.25) is 6.08 Å². The SMILES string of the molecule is [C-]1=CC=CC1.[Cl-].[Cl-].[Ti+4].c1ccc2cn(-c3cc4ccccc4[cH-]3)cc2c1. The van der Waals surface area contributed by atoms with Gasteiger partial charge in [0.1, 0.15) is 0 Å². The van der Waals surface area contributed by atoms with Crippen LogP contribution in [0.3, 0.4) is 0 Å². The molecule has 0 unspecified atom stereocenters. The van der Waals surface area contributed by atoms with Crippen LogP contribution in [-0.2, 0) is 21.7 Å². The van der Waals surface area contributed by atoms with Crippen molar-refractivity contribution in [3.8, 4) is 5.69 Å². The summed E-state index contributed by atoms with van der Waals surface area (Å²) in [4.78, 5) is 0. The van der Waals surface area contributed by atoms with Gasteiger partial charge in [0, 0.05) is 12.4 Å². The van der Waals surface area contributed by atoms with Crippen LogP contribution in [0.2, 0.25) is 0 Å². The van der Waals surface area contributed by atoms with E-state index in [0.717, 1.165) is 6.42 Å². The van der Waals surface area contributed by atoms with Crippen LogP contribution < -0.4 is 24.8 Å². The molecule has 26 heavy (non-hydrogen) atoms. The van der Waals surface area contributed by atoms with Crippen molar-refractivity contribution < 1.29 is 46.5 Å². The van der Waals surface area contributed by atoms with Gasteiger partial charge in [-0.2, -0.15) is 6.08 Å². The van der Waals surface area contributed by atoms with E-state index in [-0.39, 0.29) is 46.5 Å². The van der Waals surface area contributed by atoms with Gasteiger partial charge in [0.2, 0.25) is 0 Å². The van der Waals surface area contributed by atoms with Crippen molar-refractivity contribution in [3.63, 3.8) is 0 Å². The summed E-state index contributed by atoms with van der Waals surface area (Å²) in [6.45, 7) is 0. The number of aromatic nitrogens is 1. The Bertz CT molecular complexity index is 863. The first-order chi connectivity index (χ1) is 11.4. The molecule has 0 bridgehead atoms. The summed E-state index contributed by atoms with van der Waals surface area (Å²) in [5, 5.41) is 5.15. The van der Waals surface area contributed by atoms with Crippen LogP contribution in [0.5, 0.6) is 0 Å². The summed E-state index contributed by atoms with van der Waals surface area (Å²) in [5.41, 5.74) is 1.23. The fraction of sp³-hybridized carbons (Fsp3) is 0.0455. The van der Waals surface area contributed by atoms with Crippen LogP contribution in [-0.4, -0.2) is 4.57 Å².